The lowest BCUT2D eigenvalue weighted by Crippen LogP contribution is -2.32. The van der Waals surface area contributed by atoms with Gasteiger partial charge in [-0.1, -0.05) is 5.06 Å². The third-order valence-electron chi connectivity index (χ3n) is 3.29. The van der Waals surface area contributed by atoms with Crippen molar-refractivity contribution in [3.8, 4) is 5.75 Å². The van der Waals surface area contributed by atoms with E-state index in [1.165, 1.54) is 6.92 Å². The molecule has 2 amide bonds. The molecule has 0 saturated carbocycles. The van der Waals surface area contributed by atoms with Crippen LogP contribution in [0.5, 0.6) is 5.75 Å². The Morgan fingerprint density at radius 1 is 1.08 bits per heavy atom. The van der Waals surface area contributed by atoms with Crippen LogP contribution in [0.3, 0.4) is 0 Å². The first-order valence-electron chi connectivity index (χ1n) is 7.27. The number of hydrogen-bond acceptors (Lipinski definition) is 7. The fourth-order valence-electron chi connectivity index (χ4n) is 2.33. The van der Waals surface area contributed by atoms with E-state index in [2.05, 4.69) is 4.84 Å². The normalized spacial score (nSPS) is 13.9. The van der Waals surface area contributed by atoms with Gasteiger partial charge in [0, 0.05) is 19.8 Å². The molecule has 0 aromatic heterocycles. The Kier molecular flexibility index (Phi) is 5.18. The SMILES string of the molecule is CC(=O)Oc1c(C)cc(COC(=O)ON2C(=O)CCC2=O)cc1C. The van der Waals surface area contributed by atoms with Gasteiger partial charge in [0.25, 0.3) is 11.8 Å². The van der Waals surface area contributed by atoms with Crippen molar-refractivity contribution in [3.05, 3.63) is 28.8 Å². The van der Waals surface area contributed by atoms with Crippen LogP contribution in [0.25, 0.3) is 0 Å². The van der Waals surface area contributed by atoms with E-state index in [4.69, 9.17) is 9.47 Å². The quantitative estimate of drug-likeness (QED) is 0.471. The van der Waals surface area contributed by atoms with Crippen molar-refractivity contribution in [2.45, 2.75) is 40.2 Å². The number of carbonyl (C=O) groups is 4. The lowest BCUT2D eigenvalue weighted by Gasteiger charge is -2.14. The number of ether oxygens (including phenoxy) is 2. The van der Waals surface area contributed by atoms with Crippen LogP contribution in [0.4, 0.5) is 4.79 Å². The van der Waals surface area contributed by atoms with Crippen LogP contribution in [0.15, 0.2) is 12.1 Å². The van der Waals surface area contributed by atoms with Crippen LogP contribution in [-0.4, -0.2) is 29.0 Å². The third kappa shape index (κ3) is 4.09. The van der Waals surface area contributed by atoms with Crippen molar-refractivity contribution in [3.63, 3.8) is 0 Å². The maximum Gasteiger partial charge on any atom is 0.534 e. The van der Waals surface area contributed by atoms with Gasteiger partial charge in [-0.15, -0.1) is 0 Å². The largest absolute Gasteiger partial charge is 0.534 e. The molecule has 0 spiro atoms. The number of carbonyl (C=O) groups excluding carboxylic acids is 4. The average Bonchev–Trinajstić information content (AvgIpc) is 2.80. The van der Waals surface area contributed by atoms with E-state index in [1.807, 2.05) is 0 Å². The Labute approximate surface area is 138 Å². The summed E-state index contributed by atoms with van der Waals surface area (Å²) in [5.41, 5.74) is 2.07. The minimum Gasteiger partial charge on any atom is -0.428 e. The molecular weight excluding hydrogens is 318 g/mol. The molecule has 1 aromatic carbocycles. The van der Waals surface area contributed by atoms with Gasteiger partial charge >= 0.3 is 12.1 Å². The van der Waals surface area contributed by atoms with Crippen LogP contribution >= 0.6 is 0 Å². The number of esters is 1. The Hall–Kier alpha value is -2.90. The molecule has 0 radical (unpaired) electrons. The van der Waals surface area contributed by atoms with Gasteiger partial charge in [0.1, 0.15) is 12.4 Å². The van der Waals surface area contributed by atoms with E-state index >= 15 is 0 Å². The van der Waals surface area contributed by atoms with Crippen LogP contribution < -0.4 is 4.74 Å². The molecule has 1 heterocycles. The number of imide groups is 1. The van der Waals surface area contributed by atoms with Crippen LogP contribution in [-0.2, 0) is 30.6 Å². The summed E-state index contributed by atoms with van der Waals surface area (Å²) in [6, 6.07) is 3.40. The summed E-state index contributed by atoms with van der Waals surface area (Å²) < 4.78 is 10.0. The van der Waals surface area contributed by atoms with Crippen molar-refractivity contribution in [2.24, 2.45) is 0 Å². The molecule has 8 heteroatoms. The van der Waals surface area contributed by atoms with Crippen LogP contribution in [0.1, 0.15) is 36.5 Å². The fraction of sp³-hybridized carbons (Fsp3) is 0.375. The molecule has 8 nitrogen and oxygen atoms in total. The smallest absolute Gasteiger partial charge is 0.428 e. The second kappa shape index (κ2) is 7.12. The van der Waals surface area contributed by atoms with Crippen LogP contribution in [0, 0.1) is 13.8 Å². The molecule has 1 saturated heterocycles. The Morgan fingerprint density at radius 3 is 2.12 bits per heavy atom. The summed E-state index contributed by atoms with van der Waals surface area (Å²) >= 11 is 0. The van der Waals surface area contributed by atoms with Crippen LogP contribution in [0.2, 0.25) is 0 Å². The predicted molar refractivity (Wildman–Crippen MR) is 79.6 cm³/mol. The van der Waals surface area contributed by atoms with E-state index in [-0.39, 0.29) is 19.4 Å². The molecule has 1 aliphatic heterocycles. The number of hydroxylamine groups is 2. The van der Waals surface area contributed by atoms with Crippen molar-refractivity contribution >= 4 is 23.9 Å². The van der Waals surface area contributed by atoms with Crippen molar-refractivity contribution < 1.29 is 33.5 Å². The third-order valence-corrected chi connectivity index (χ3v) is 3.29. The van der Waals surface area contributed by atoms with E-state index in [0.29, 0.717) is 27.5 Å². The highest BCUT2D eigenvalue weighted by molar-refractivity contribution is 6.01. The minimum atomic E-state index is -1.14. The number of hydrogen-bond donors (Lipinski definition) is 0. The summed E-state index contributed by atoms with van der Waals surface area (Å²) in [7, 11) is 0. The van der Waals surface area contributed by atoms with E-state index in [1.54, 1.807) is 26.0 Å². The maximum absolute atomic E-state index is 11.6. The van der Waals surface area contributed by atoms with Gasteiger partial charge in [0.05, 0.1) is 0 Å². The number of amides is 2. The number of rotatable bonds is 4. The van der Waals surface area contributed by atoms with Gasteiger partial charge in [0.2, 0.25) is 0 Å². The van der Waals surface area contributed by atoms with Gasteiger partial charge in [-0.2, -0.15) is 0 Å². The summed E-state index contributed by atoms with van der Waals surface area (Å²) in [5, 5.41) is 0.419. The topological polar surface area (TPSA) is 99.2 Å². The molecule has 0 bridgehead atoms. The van der Waals surface area contributed by atoms with Gasteiger partial charge in [-0.05, 0) is 42.7 Å². The molecule has 24 heavy (non-hydrogen) atoms. The highest BCUT2D eigenvalue weighted by Crippen LogP contribution is 2.25. The molecule has 1 fully saturated rings. The molecule has 1 aliphatic rings. The second-order valence-electron chi connectivity index (χ2n) is 5.36. The predicted octanol–water partition coefficient (Wildman–Crippen LogP) is 1.95. The summed E-state index contributed by atoms with van der Waals surface area (Å²) in [5.74, 6) is -1.11. The highest BCUT2D eigenvalue weighted by Gasteiger charge is 2.33. The molecule has 0 atom stereocenters. The van der Waals surface area contributed by atoms with Gasteiger partial charge in [-0.3, -0.25) is 19.2 Å². The second-order valence-corrected chi connectivity index (χ2v) is 5.36. The zero-order chi connectivity index (χ0) is 17.9. The molecule has 0 N–H and O–H groups in total. The first-order chi connectivity index (χ1) is 11.3. The molecule has 1 aromatic rings. The fourth-order valence-corrected chi connectivity index (χ4v) is 2.33. The first-order valence-corrected chi connectivity index (χ1v) is 7.27. The standard InChI is InChI=1S/C16H17NO7/c1-9-6-12(7-10(2)15(9)23-11(3)18)8-22-16(21)24-17-13(19)4-5-14(17)20/h6-7H,4-5,8H2,1-3H3. The zero-order valence-corrected chi connectivity index (χ0v) is 13.6. The summed E-state index contributed by atoms with van der Waals surface area (Å²) in [6.45, 7) is 4.72. The Morgan fingerprint density at radius 2 is 1.62 bits per heavy atom. The van der Waals surface area contributed by atoms with E-state index in [9.17, 15) is 19.2 Å². The number of nitrogens with zero attached hydrogens (tertiary/aromatic N) is 1. The summed E-state index contributed by atoms with van der Waals surface area (Å²) in [6.07, 6.45) is -1.11. The molecule has 0 unspecified atom stereocenters. The minimum absolute atomic E-state index is 0.0160. The van der Waals surface area contributed by atoms with Gasteiger partial charge in [-0.25, -0.2) is 4.79 Å². The molecule has 2 rings (SSSR count). The lowest BCUT2D eigenvalue weighted by molar-refractivity contribution is -0.177. The lowest BCUT2D eigenvalue weighted by atomic mass is 10.1. The number of aryl methyl sites for hydroxylation is 2. The van der Waals surface area contributed by atoms with E-state index < -0.39 is 23.9 Å². The zero-order valence-electron chi connectivity index (χ0n) is 13.6. The van der Waals surface area contributed by atoms with Gasteiger partial charge in [0.15, 0.2) is 0 Å². The van der Waals surface area contributed by atoms with E-state index in [0.717, 1.165) is 0 Å². The molecule has 0 aliphatic carbocycles. The maximum atomic E-state index is 11.6. The van der Waals surface area contributed by atoms with Gasteiger partial charge < -0.3 is 9.47 Å². The van der Waals surface area contributed by atoms with Crippen molar-refractivity contribution in [2.75, 3.05) is 0 Å². The van der Waals surface area contributed by atoms with Crippen molar-refractivity contribution in [1.82, 2.24) is 5.06 Å². The average molecular weight is 335 g/mol. The Balaban J connectivity index is 1.96. The number of benzene rings is 1. The first kappa shape index (κ1) is 17.5. The molecule has 128 valence electrons. The molecular formula is C16H17NO7. The Bertz CT molecular complexity index is 671. The van der Waals surface area contributed by atoms with Crippen molar-refractivity contribution in [1.29, 1.82) is 0 Å². The monoisotopic (exact) mass is 335 g/mol. The highest BCUT2D eigenvalue weighted by atomic mass is 16.8. The summed E-state index contributed by atoms with van der Waals surface area (Å²) in [4.78, 5) is 49.9.